The summed E-state index contributed by atoms with van der Waals surface area (Å²) in [6.45, 7) is 0. The summed E-state index contributed by atoms with van der Waals surface area (Å²) < 4.78 is 5.54. The van der Waals surface area contributed by atoms with Crippen molar-refractivity contribution in [2.24, 2.45) is 23.7 Å². The van der Waals surface area contributed by atoms with Crippen LogP contribution in [0.5, 0.6) is 5.88 Å². The molecule has 1 N–H and O–H groups in total. The van der Waals surface area contributed by atoms with Crippen LogP contribution in [0.15, 0.2) is 36.1 Å². The van der Waals surface area contributed by atoms with E-state index in [0.29, 0.717) is 29.8 Å². The van der Waals surface area contributed by atoms with Crippen molar-refractivity contribution in [1.82, 2.24) is 9.97 Å². The molecule has 5 heteroatoms. The van der Waals surface area contributed by atoms with E-state index < -0.39 is 0 Å². The van der Waals surface area contributed by atoms with Crippen LogP contribution >= 0.6 is 11.8 Å². The number of aliphatic hydroxyl groups is 1. The van der Waals surface area contributed by atoms with E-state index in [0.717, 1.165) is 51.9 Å². The second-order valence-corrected chi connectivity index (χ2v) is 11.9. The molecule has 32 heavy (non-hydrogen) atoms. The summed E-state index contributed by atoms with van der Waals surface area (Å²) in [5.41, 5.74) is 1.85. The second kappa shape index (κ2) is 8.55. The van der Waals surface area contributed by atoms with Gasteiger partial charge in [0.15, 0.2) is 5.82 Å². The summed E-state index contributed by atoms with van der Waals surface area (Å²) in [6, 6.07) is 2.03. The number of ether oxygens (including phenoxy) is 1. The van der Waals surface area contributed by atoms with Crippen LogP contribution in [-0.4, -0.2) is 32.7 Å². The Morgan fingerprint density at radius 3 is 2.78 bits per heavy atom. The first-order valence-corrected chi connectivity index (χ1v) is 13.5. The number of aromatic nitrogens is 2. The van der Waals surface area contributed by atoms with Crippen molar-refractivity contribution in [3.63, 3.8) is 0 Å². The topological polar surface area (TPSA) is 55.2 Å². The first-order valence-electron chi connectivity index (χ1n) is 12.5. The van der Waals surface area contributed by atoms with Gasteiger partial charge in [-0.15, -0.1) is 0 Å². The SMILES string of the molecule is COc1cc(C2CCC3C(C2)SC2CC4CCC=CC4CC23)nc(C2=C(O)CCC=C2)n1. The fourth-order valence-corrected chi connectivity index (χ4v) is 9.29. The van der Waals surface area contributed by atoms with Crippen LogP contribution in [0.4, 0.5) is 0 Å². The van der Waals surface area contributed by atoms with E-state index in [1.54, 1.807) is 7.11 Å². The van der Waals surface area contributed by atoms with E-state index in [-0.39, 0.29) is 0 Å². The maximum absolute atomic E-state index is 10.4. The lowest BCUT2D eigenvalue weighted by Crippen LogP contribution is -2.35. The number of rotatable bonds is 3. The zero-order chi connectivity index (χ0) is 21.7. The molecule has 7 unspecified atom stereocenters. The van der Waals surface area contributed by atoms with Crippen molar-refractivity contribution in [3.8, 4) is 5.88 Å². The molecule has 1 aromatic heterocycles. The van der Waals surface area contributed by atoms with Crippen molar-refractivity contribution in [2.75, 3.05) is 7.11 Å². The Kier molecular flexibility index (Phi) is 5.57. The highest BCUT2D eigenvalue weighted by molar-refractivity contribution is 8.00. The monoisotopic (exact) mass is 450 g/mol. The van der Waals surface area contributed by atoms with Crippen molar-refractivity contribution in [3.05, 3.63) is 47.6 Å². The molecule has 3 fully saturated rings. The number of methoxy groups -OCH3 is 1. The number of aliphatic hydroxyl groups excluding tert-OH is 1. The van der Waals surface area contributed by atoms with Gasteiger partial charge in [0.1, 0.15) is 5.76 Å². The van der Waals surface area contributed by atoms with Gasteiger partial charge in [0.05, 0.1) is 18.4 Å². The number of fused-ring (bicyclic) bond motifs is 4. The summed E-state index contributed by atoms with van der Waals surface area (Å²) in [5.74, 6) is 5.64. The van der Waals surface area contributed by atoms with Gasteiger partial charge in [-0.1, -0.05) is 24.3 Å². The largest absolute Gasteiger partial charge is 0.512 e. The molecule has 0 aromatic carbocycles. The highest BCUT2D eigenvalue weighted by atomic mass is 32.2. The Morgan fingerprint density at radius 2 is 1.91 bits per heavy atom. The van der Waals surface area contributed by atoms with E-state index in [2.05, 4.69) is 35.0 Å². The zero-order valence-electron chi connectivity index (χ0n) is 19.0. The summed E-state index contributed by atoms with van der Waals surface area (Å²) in [6.07, 6.45) is 19.9. The van der Waals surface area contributed by atoms with Gasteiger partial charge in [-0.05, 0) is 75.0 Å². The van der Waals surface area contributed by atoms with Crippen LogP contribution in [0.1, 0.15) is 75.2 Å². The van der Waals surface area contributed by atoms with Gasteiger partial charge in [-0.2, -0.15) is 16.7 Å². The van der Waals surface area contributed by atoms with Gasteiger partial charge in [-0.3, -0.25) is 0 Å². The van der Waals surface area contributed by atoms with Gasteiger partial charge in [0, 0.05) is 28.9 Å². The number of allylic oxidation sites excluding steroid dienone is 6. The van der Waals surface area contributed by atoms with Crippen LogP contribution < -0.4 is 4.74 Å². The quantitative estimate of drug-likeness (QED) is 0.535. The minimum absolute atomic E-state index is 0.390. The molecular formula is C27H34N2O2S. The van der Waals surface area contributed by atoms with Crippen molar-refractivity contribution in [1.29, 1.82) is 0 Å². The van der Waals surface area contributed by atoms with E-state index in [4.69, 9.17) is 9.72 Å². The van der Waals surface area contributed by atoms with Crippen molar-refractivity contribution < 1.29 is 9.84 Å². The number of thioether (sulfide) groups is 1. The molecule has 0 spiro atoms. The average Bonchev–Trinajstić information content (AvgIpc) is 3.19. The molecule has 0 bridgehead atoms. The lowest BCUT2D eigenvalue weighted by Gasteiger charge is -2.41. The Morgan fingerprint density at radius 1 is 1.00 bits per heavy atom. The molecule has 4 nitrogen and oxygen atoms in total. The highest BCUT2D eigenvalue weighted by Gasteiger charge is 2.50. The van der Waals surface area contributed by atoms with E-state index in [1.807, 2.05) is 12.1 Å². The molecule has 2 saturated carbocycles. The number of nitrogens with zero attached hydrogens (tertiary/aromatic N) is 2. The van der Waals surface area contributed by atoms with E-state index in [9.17, 15) is 5.11 Å². The van der Waals surface area contributed by atoms with E-state index >= 15 is 0 Å². The molecule has 4 aliphatic carbocycles. The molecule has 1 aliphatic heterocycles. The summed E-state index contributed by atoms with van der Waals surface area (Å²) >= 11 is 2.32. The smallest absolute Gasteiger partial charge is 0.216 e. The first kappa shape index (κ1) is 20.8. The van der Waals surface area contributed by atoms with Crippen LogP contribution in [0, 0.1) is 23.7 Å². The van der Waals surface area contributed by atoms with E-state index in [1.165, 1.54) is 44.9 Å². The minimum Gasteiger partial charge on any atom is -0.512 e. The lowest BCUT2D eigenvalue weighted by atomic mass is 9.64. The predicted molar refractivity (Wildman–Crippen MR) is 130 cm³/mol. The number of hydrogen-bond donors (Lipinski definition) is 1. The fourth-order valence-electron chi connectivity index (χ4n) is 7.09. The Balaban J connectivity index is 1.23. The molecule has 1 saturated heterocycles. The minimum atomic E-state index is 0.390. The Bertz CT molecular complexity index is 970. The van der Waals surface area contributed by atoms with Gasteiger partial charge < -0.3 is 9.84 Å². The molecule has 7 atom stereocenters. The summed E-state index contributed by atoms with van der Waals surface area (Å²) in [7, 11) is 1.67. The number of hydrogen-bond acceptors (Lipinski definition) is 5. The highest BCUT2D eigenvalue weighted by Crippen LogP contribution is 2.59. The average molecular weight is 451 g/mol. The van der Waals surface area contributed by atoms with Gasteiger partial charge in [-0.25, -0.2) is 4.98 Å². The normalized spacial score (nSPS) is 38.2. The maximum atomic E-state index is 10.4. The van der Waals surface area contributed by atoms with Gasteiger partial charge >= 0.3 is 0 Å². The zero-order valence-corrected chi connectivity index (χ0v) is 19.8. The standard InChI is InChI=1S/C27H34N2O2S/c1-31-26-15-22(28-27(29-26)20-8-4-5-9-23(20)30)18-10-11-19-21-12-16-6-2-3-7-17(16)13-25(21)32-24(19)14-18/h2,4,6,8,15-19,21,24-25,30H,3,5,7,9-14H2,1H3. The molecule has 5 aliphatic rings. The van der Waals surface area contributed by atoms with Crippen LogP contribution in [0.2, 0.25) is 0 Å². The lowest BCUT2D eigenvalue weighted by molar-refractivity contribution is 0.150. The third-order valence-electron chi connectivity index (χ3n) is 8.73. The summed E-state index contributed by atoms with van der Waals surface area (Å²) in [4.78, 5) is 9.54. The van der Waals surface area contributed by atoms with Crippen LogP contribution in [-0.2, 0) is 0 Å². The van der Waals surface area contributed by atoms with Crippen molar-refractivity contribution in [2.45, 2.75) is 74.2 Å². The third-order valence-corrected chi connectivity index (χ3v) is 10.5. The predicted octanol–water partition coefficient (Wildman–Crippen LogP) is 6.46. The van der Waals surface area contributed by atoms with Crippen LogP contribution in [0.3, 0.4) is 0 Å². The molecule has 0 amide bonds. The van der Waals surface area contributed by atoms with Crippen LogP contribution in [0.25, 0.3) is 5.57 Å². The fraction of sp³-hybridized carbons (Fsp3) is 0.630. The third kappa shape index (κ3) is 3.70. The molecule has 170 valence electrons. The Labute approximate surface area is 195 Å². The maximum Gasteiger partial charge on any atom is 0.216 e. The molecular weight excluding hydrogens is 416 g/mol. The molecule has 1 aromatic rings. The molecule has 6 rings (SSSR count). The summed E-state index contributed by atoms with van der Waals surface area (Å²) in [5, 5.41) is 12.1. The molecule has 0 radical (unpaired) electrons. The van der Waals surface area contributed by atoms with Gasteiger partial charge in [0.2, 0.25) is 5.88 Å². The second-order valence-electron chi connectivity index (χ2n) is 10.4. The first-order chi connectivity index (χ1) is 15.7. The Hall–Kier alpha value is -1.75. The van der Waals surface area contributed by atoms with Crippen molar-refractivity contribution >= 4 is 17.3 Å². The van der Waals surface area contributed by atoms with Gasteiger partial charge in [0.25, 0.3) is 0 Å². The molecule has 2 heterocycles.